The fraction of sp³-hybridized carbons (Fsp3) is 0.250. The number of alkyl halides is 2. The number of amides is 1. The normalized spacial score (nSPS) is 10.8. The van der Waals surface area contributed by atoms with Crippen molar-refractivity contribution in [1.82, 2.24) is 10.1 Å². The molecule has 0 saturated heterocycles. The van der Waals surface area contributed by atoms with Gasteiger partial charge >= 0.3 is 6.43 Å². The number of anilines is 1. The van der Waals surface area contributed by atoms with Gasteiger partial charge in [0.05, 0.1) is 13.7 Å². The number of hydrogen-bond donors (Lipinski definition) is 1. The molecule has 0 saturated carbocycles. The SMILES string of the molecule is COc1ccc(OCCCC(=O)Nc2cccc(-c3noc(C(F)F)n3)c2)cc1. The Morgan fingerprint density at radius 3 is 2.62 bits per heavy atom. The average molecular weight is 403 g/mol. The molecule has 3 rings (SSSR count). The maximum absolute atomic E-state index is 12.6. The maximum atomic E-state index is 12.6. The van der Waals surface area contributed by atoms with E-state index in [9.17, 15) is 13.6 Å². The van der Waals surface area contributed by atoms with Gasteiger partial charge in [0.2, 0.25) is 11.7 Å². The van der Waals surface area contributed by atoms with Crippen molar-refractivity contribution >= 4 is 11.6 Å². The monoisotopic (exact) mass is 403 g/mol. The van der Waals surface area contributed by atoms with Gasteiger partial charge in [-0.15, -0.1) is 0 Å². The van der Waals surface area contributed by atoms with Crippen molar-refractivity contribution in [1.29, 1.82) is 0 Å². The lowest BCUT2D eigenvalue weighted by Gasteiger charge is -2.08. The fourth-order valence-corrected chi connectivity index (χ4v) is 2.50. The number of nitrogens with one attached hydrogen (secondary N) is 1. The van der Waals surface area contributed by atoms with Gasteiger partial charge in [0.1, 0.15) is 11.5 Å². The van der Waals surface area contributed by atoms with Crippen molar-refractivity contribution in [3.05, 3.63) is 54.4 Å². The van der Waals surface area contributed by atoms with E-state index >= 15 is 0 Å². The van der Waals surface area contributed by atoms with Crippen molar-refractivity contribution in [2.24, 2.45) is 0 Å². The summed E-state index contributed by atoms with van der Waals surface area (Å²) in [4.78, 5) is 15.8. The molecule has 1 heterocycles. The molecule has 9 heteroatoms. The number of benzene rings is 2. The Bertz CT molecular complexity index is 945. The minimum Gasteiger partial charge on any atom is -0.497 e. The molecule has 0 aliphatic rings. The van der Waals surface area contributed by atoms with E-state index in [0.29, 0.717) is 30.0 Å². The van der Waals surface area contributed by atoms with Crippen LogP contribution in [0.5, 0.6) is 11.5 Å². The fourth-order valence-electron chi connectivity index (χ4n) is 2.50. The summed E-state index contributed by atoms with van der Waals surface area (Å²) in [6.07, 6.45) is -2.04. The second-order valence-electron chi connectivity index (χ2n) is 6.01. The van der Waals surface area contributed by atoms with Crippen molar-refractivity contribution in [3.63, 3.8) is 0 Å². The Hall–Kier alpha value is -3.49. The molecule has 152 valence electrons. The Balaban J connectivity index is 1.47. The number of halogens is 2. The van der Waals surface area contributed by atoms with E-state index < -0.39 is 12.3 Å². The molecule has 2 aromatic carbocycles. The lowest BCUT2D eigenvalue weighted by molar-refractivity contribution is -0.116. The van der Waals surface area contributed by atoms with Gasteiger partial charge < -0.3 is 19.3 Å². The maximum Gasteiger partial charge on any atom is 0.315 e. The van der Waals surface area contributed by atoms with Gasteiger partial charge in [-0.25, -0.2) is 0 Å². The van der Waals surface area contributed by atoms with Gasteiger partial charge in [-0.05, 0) is 42.8 Å². The summed E-state index contributed by atoms with van der Waals surface area (Å²) in [5.74, 6) is 0.532. The minimum atomic E-state index is -2.83. The number of carbonyl (C=O) groups is 1. The Morgan fingerprint density at radius 2 is 1.93 bits per heavy atom. The summed E-state index contributed by atoms with van der Waals surface area (Å²) >= 11 is 0. The molecule has 0 aliphatic heterocycles. The topological polar surface area (TPSA) is 86.5 Å². The van der Waals surface area contributed by atoms with E-state index in [-0.39, 0.29) is 18.2 Å². The van der Waals surface area contributed by atoms with Crippen LogP contribution in [0.25, 0.3) is 11.4 Å². The van der Waals surface area contributed by atoms with Gasteiger partial charge in [0.15, 0.2) is 0 Å². The predicted octanol–water partition coefficient (Wildman–Crippen LogP) is 4.48. The average Bonchev–Trinajstić information content (AvgIpc) is 3.23. The first-order valence-corrected chi connectivity index (χ1v) is 8.84. The van der Waals surface area contributed by atoms with Crippen molar-refractivity contribution in [2.45, 2.75) is 19.3 Å². The molecule has 0 bridgehead atoms. The molecule has 29 heavy (non-hydrogen) atoms. The minimum absolute atomic E-state index is 0.0318. The van der Waals surface area contributed by atoms with Crippen molar-refractivity contribution in [3.8, 4) is 22.9 Å². The molecule has 0 atom stereocenters. The number of methoxy groups -OCH3 is 1. The van der Waals surface area contributed by atoms with Gasteiger partial charge in [-0.1, -0.05) is 17.3 Å². The quantitative estimate of drug-likeness (QED) is 0.530. The van der Waals surface area contributed by atoms with E-state index in [2.05, 4.69) is 20.0 Å². The second-order valence-corrected chi connectivity index (χ2v) is 6.01. The zero-order valence-electron chi connectivity index (χ0n) is 15.6. The van der Waals surface area contributed by atoms with Crippen molar-refractivity contribution in [2.75, 3.05) is 19.0 Å². The Labute approximate surface area is 165 Å². The standard InChI is InChI=1S/C20H19F2N3O4/c1-27-15-7-9-16(10-8-15)28-11-3-6-17(26)23-14-5-2-4-13(12-14)19-24-20(18(21)22)29-25-19/h2,4-5,7-10,12,18H,3,6,11H2,1H3,(H,23,26). The number of rotatable bonds is 9. The molecule has 1 N–H and O–H groups in total. The van der Waals surface area contributed by atoms with Crippen LogP contribution in [0, 0.1) is 0 Å². The van der Waals surface area contributed by atoms with E-state index in [1.54, 1.807) is 55.6 Å². The molecule has 0 spiro atoms. The summed E-state index contributed by atoms with van der Waals surface area (Å²) in [5, 5.41) is 6.28. The van der Waals surface area contributed by atoms with E-state index in [0.717, 1.165) is 5.75 Å². The van der Waals surface area contributed by atoms with E-state index in [1.165, 1.54) is 0 Å². The predicted molar refractivity (Wildman–Crippen MR) is 101 cm³/mol. The van der Waals surface area contributed by atoms with Crippen LogP contribution in [0.4, 0.5) is 14.5 Å². The first kappa shape index (κ1) is 20.2. The Morgan fingerprint density at radius 1 is 1.17 bits per heavy atom. The highest BCUT2D eigenvalue weighted by Crippen LogP contribution is 2.23. The van der Waals surface area contributed by atoms with Gasteiger partial charge in [-0.2, -0.15) is 13.8 Å². The largest absolute Gasteiger partial charge is 0.497 e. The zero-order valence-corrected chi connectivity index (χ0v) is 15.6. The van der Waals surface area contributed by atoms with Crippen LogP contribution in [0.2, 0.25) is 0 Å². The molecule has 1 aromatic heterocycles. The molecule has 0 fully saturated rings. The molecular weight excluding hydrogens is 384 g/mol. The molecular formula is C20H19F2N3O4. The number of hydrogen-bond acceptors (Lipinski definition) is 6. The van der Waals surface area contributed by atoms with Gasteiger partial charge in [-0.3, -0.25) is 4.79 Å². The number of nitrogens with zero attached hydrogens (tertiary/aromatic N) is 2. The molecule has 3 aromatic rings. The smallest absolute Gasteiger partial charge is 0.315 e. The third-order valence-corrected chi connectivity index (χ3v) is 3.91. The lowest BCUT2D eigenvalue weighted by atomic mass is 10.2. The van der Waals surface area contributed by atoms with Crippen LogP contribution in [0.3, 0.4) is 0 Å². The number of aromatic nitrogens is 2. The summed E-state index contributed by atoms with van der Waals surface area (Å²) in [6, 6.07) is 13.7. The summed E-state index contributed by atoms with van der Waals surface area (Å²) in [7, 11) is 1.59. The first-order chi connectivity index (χ1) is 14.0. The third-order valence-electron chi connectivity index (χ3n) is 3.91. The molecule has 7 nitrogen and oxygen atoms in total. The number of ether oxygens (including phenoxy) is 2. The number of carbonyl (C=O) groups excluding carboxylic acids is 1. The highest BCUT2D eigenvalue weighted by Gasteiger charge is 2.17. The highest BCUT2D eigenvalue weighted by atomic mass is 19.3. The molecule has 0 unspecified atom stereocenters. The lowest BCUT2D eigenvalue weighted by Crippen LogP contribution is -2.12. The van der Waals surface area contributed by atoms with Gasteiger partial charge in [0.25, 0.3) is 5.89 Å². The first-order valence-electron chi connectivity index (χ1n) is 8.84. The van der Waals surface area contributed by atoms with Crippen molar-refractivity contribution < 1.29 is 27.6 Å². The zero-order chi connectivity index (χ0) is 20.6. The summed E-state index contributed by atoms with van der Waals surface area (Å²) < 4.78 is 40.3. The summed E-state index contributed by atoms with van der Waals surface area (Å²) in [5.41, 5.74) is 0.966. The van der Waals surface area contributed by atoms with Crippen LogP contribution in [-0.4, -0.2) is 29.8 Å². The van der Waals surface area contributed by atoms with Crippen LogP contribution in [0.15, 0.2) is 53.1 Å². The summed E-state index contributed by atoms with van der Waals surface area (Å²) in [6.45, 7) is 0.388. The molecule has 1 amide bonds. The van der Waals surface area contributed by atoms with E-state index in [1.807, 2.05) is 0 Å². The van der Waals surface area contributed by atoms with Gasteiger partial charge in [0, 0.05) is 17.7 Å². The molecule has 0 radical (unpaired) electrons. The van der Waals surface area contributed by atoms with Crippen LogP contribution < -0.4 is 14.8 Å². The molecule has 0 aliphatic carbocycles. The second kappa shape index (κ2) is 9.63. The highest BCUT2D eigenvalue weighted by molar-refractivity contribution is 5.91. The third kappa shape index (κ3) is 5.74. The van der Waals surface area contributed by atoms with Crippen LogP contribution in [0.1, 0.15) is 25.2 Å². The van der Waals surface area contributed by atoms with Crippen LogP contribution >= 0.6 is 0 Å². The van der Waals surface area contributed by atoms with Crippen LogP contribution in [-0.2, 0) is 4.79 Å². The Kier molecular flexibility index (Phi) is 6.72. The van der Waals surface area contributed by atoms with E-state index in [4.69, 9.17) is 9.47 Å².